The number of hydrogen-bond donors (Lipinski definition) is 4. The second-order valence-electron chi connectivity index (χ2n) is 17.3. The van der Waals surface area contributed by atoms with Crippen LogP contribution in [-0.2, 0) is 22.7 Å². The van der Waals surface area contributed by atoms with Crippen LogP contribution in [-0.4, -0.2) is 123 Å². The van der Waals surface area contributed by atoms with Gasteiger partial charge in [0.1, 0.15) is 24.2 Å². The first-order valence-electron chi connectivity index (χ1n) is 23.3. The molecule has 4 heterocycles. The molecule has 0 aliphatic carbocycles. The van der Waals surface area contributed by atoms with Gasteiger partial charge in [0.25, 0.3) is 0 Å². The maximum Gasteiger partial charge on any atom is 0.573 e. The van der Waals surface area contributed by atoms with Gasteiger partial charge in [-0.3, -0.25) is 19.4 Å². The van der Waals surface area contributed by atoms with Crippen LogP contribution in [0.1, 0.15) is 29.5 Å². The number of nitrogens with zero attached hydrogens (tertiary/aromatic N) is 10. The van der Waals surface area contributed by atoms with Crippen LogP contribution in [0.15, 0.2) is 97.6 Å². The van der Waals surface area contributed by atoms with Crippen LogP contribution in [0.25, 0.3) is 0 Å². The van der Waals surface area contributed by atoms with E-state index >= 15 is 0 Å². The monoisotopic (exact) mass is 1070 g/mol. The molecular formula is C48H47F9N14O5. The average Bonchev–Trinajstić information content (AvgIpc) is 3.36. The van der Waals surface area contributed by atoms with Crippen molar-refractivity contribution in [3.05, 3.63) is 114 Å². The predicted molar refractivity (Wildman–Crippen MR) is 258 cm³/mol. The van der Waals surface area contributed by atoms with Crippen LogP contribution in [0.4, 0.5) is 86.1 Å². The zero-order valence-electron chi connectivity index (χ0n) is 40.1. The van der Waals surface area contributed by atoms with E-state index in [1.54, 1.807) is 49.4 Å². The number of anilines is 8. The number of halogens is 9. The van der Waals surface area contributed by atoms with Crippen LogP contribution in [0.2, 0.25) is 0 Å². The SMILES string of the molecule is Cc1ccc(Nc2ncnc(N3CCN(Cc4ccc(OC(F)(F)F)cc4)CC3)n2)cc1NC(=O)CCC(=O)Nc1cc(Nc2ncnc(N3CCN(Cc4ccc(OC(F)(F)F)cc4)CC3)n2)ccc1OC(F)(F)F. The molecule has 76 heavy (non-hydrogen) atoms. The molecule has 8 rings (SSSR count). The van der Waals surface area contributed by atoms with Crippen molar-refractivity contribution in [1.29, 1.82) is 0 Å². The summed E-state index contributed by atoms with van der Waals surface area (Å²) < 4.78 is 128. The Bertz CT molecular complexity index is 2940. The van der Waals surface area contributed by atoms with Crippen LogP contribution >= 0.6 is 0 Å². The van der Waals surface area contributed by atoms with Crippen molar-refractivity contribution in [3.8, 4) is 17.2 Å². The van der Waals surface area contributed by atoms with E-state index in [-0.39, 0.29) is 41.2 Å². The molecule has 4 aromatic carbocycles. The summed E-state index contributed by atoms with van der Waals surface area (Å²) in [6.45, 7) is 7.28. The van der Waals surface area contributed by atoms with Gasteiger partial charge in [-0.2, -0.15) is 9.97 Å². The molecule has 0 atom stereocenters. The first-order valence-corrected chi connectivity index (χ1v) is 23.3. The Hall–Kier alpha value is -8.27. The molecule has 0 bridgehead atoms. The van der Waals surface area contributed by atoms with Crippen LogP contribution in [0.5, 0.6) is 17.2 Å². The van der Waals surface area contributed by atoms with Crippen molar-refractivity contribution in [3.63, 3.8) is 0 Å². The Morgan fingerprint density at radius 3 is 1.36 bits per heavy atom. The fraction of sp³-hybridized carbons (Fsp3) is 0.333. The van der Waals surface area contributed by atoms with Gasteiger partial charge in [0.05, 0.1) is 5.69 Å². The molecule has 0 radical (unpaired) electrons. The first-order chi connectivity index (χ1) is 36.1. The molecule has 28 heteroatoms. The van der Waals surface area contributed by atoms with E-state index in [9.17, 15) is 49.1 Å². The average molecular weight is 1070 g/mol. The summed E-state index contributed by atoms with van der Waals surface area (Å²) in [4.78, 5) is 60.4. The summed E-state index contributed by atoms with van der Waals surface area (Å²) in [6.07, 6.45) is -12.8. The standard InChI is InChI=1S/C48H47F9N14O5/c1-30-2-7-33(62-42-58-28-60-44(66-42)70-20-16-68(17-21-70)26-31-3-9-35(10-4-31)74-46(49,50)51)24-37(30)64-40(72)14-15-41(73)65-38-25-34(8-13-39(38)76-48(55,56)57)63-43-59-29-61-45(67-43)71-22-18-69(19-23-71)27-32-5-11-36(12-6-32)75-47(52,53)54/h2-13,24-25,28-29H,14-23,26-27H2,1H3,(H,64,72)(H,65,73)(H,58,60,62,66)(H,59,61,63,67). The number of hydrogen-bond acceptors (Lipinski definition) is 17. The van der Waals surface area contributed by atoms with Gasteiger partial charge in [-0.1, -0.05) is 30.3 Å². The van der Waals surface area contributed by atoms with Gasteiger partial charge >= 0.3 is 19.1 Å². The van der Waals surface area contributed by atoms with E-state index in [0.29, 0.717) is 94.3 Å². The molecule has 0 unspecified atom stereocenters. The van der Waals surface area contributed by atoms with Crippen molar-refractivity contribution in [2.24, 2.45) is 0 Å². The third-order valence-corrected chi connectivity index (χ3v) is 11.6. The number of ether oxygens (including phenoxy) is 3. The van der Waals surface area contributed by atoms with Crippen LogP contribution in [0, 0.1) is 6.92 Å². The molecule has 6 aromatic rings. The number of amides is 2. The zero-order valence-corrected chi connectivity index (χ0v) is 40.1. The van der Waals surface area contributed by atoms with Crippen molar-refractivity contribution >= 4 is 58.4 Å². The number of carbonyl (C=O) groups excluding carboxylic acids is 2. The molecule has 402 valence electrons. The number of piperazine rings is 2. The molecule has 2 aromatic heterocycles. The third-order valence-electron chi connectivity index (χ3n) is 11.6. The van der Waals surface area contributed by atoms with E-state index in [1.807, 2.05) is 9.80 Å². The van der Waals surface area contributed by atoms with Gasteiger partial charge in [0.2, 0.25) is 35.6 Å². The molecule has 0 saturated carbocycles. The minimum absolute atomic E-state index is 0.0410. The Labute approximate surface area is 427 Å². The summed E-state index contributed by atoms with van der Waals surface area (Å²) in [5.41, 5.74) is 3.03. The third kappa shape index (κ3) is 16.4. The van der Waals surface area contributed by atoms with E-state index in [4.69, 9.17) is 0 Å². The summed E-state index contributed by atoms with van der Waals surface area (Å²) in [5, 5.41) is 11.2. The Balaban J connectivity index is 0.812. The minimum Gasteiger partial charge on any atom is -0.406 e. The van der Waals surface area contributed by atoms with Crippen LogP contribution < -0.4 is 45.3 Å². The molecule has 2 fully saturated rings. The Kier molecular flexibility index (Phi) is 16.7. The van der Waals surface area contributed by atoms with Gasteiger partial charge < -0.3 is 45.3 Å². The number of aromatic nitrogens is 6. The highest BCUT2D eigenvalue weighted by Crippen LogP contribution is 2.34. The minimum atomic E-state index is -5.11. The van der Waals surface area contributed by atoms with Gasteiger partial charge in [-0.15, -0.1) is 39.5 Å². The summed E-state index contributed by atoms with van der Waals surface area (Å²) in [6, 6.07) is 19.9. The molecule has 2 saturated heterocycles. The zero-order chi connectivity index (χ0) is 54.0. The lowest BCUT2D eigenvalue weighted by molar-refractivity contribution is -0.275. The first kappa shape index (κ1) is 54.0. The summed E-state index contributed by atoms with van der Waals surface area (Å²) in [7, 11) is 0. The second-order valence-corrected chi connectivity index (χ2v) is 17.3. The van der Waals surface area contributed by atoms with Crippen molar-refractivity contribution in [2.45, 2.75) is 51.9 Å². The molecule has 2 amide bonds. The lowest BCUT2D eigenvalue weighted by atomic mass is 10.1. The summed E-state index contributed by atoms with van der Waals surface area (Å²) >= 11 is 0. The van der Waals surface area contributed by atoms with Gasteiger partial charge in [-0.25, -0.2) is 19.9 Å². The fourth-order valence-electron chi connectivity index (χ4n) is 7.99. The largest absolute Gasteiger partial charge is 0.573 e. The Morgan fingerprint density at radius 1 is 0.513 bits per heavy atom. The number of carbonyl (C=O) groups is 2. The number of benzene rings is 4. The van der Waals surface area contributed by atoms with Crippen molar-refractivity contribution in [2.75, 3.05) is 83.4 Å². The van der Waals surface area contributed by atoms with Crippen molar-refractivity contribution < 1.29 is 63.3 Å². The number of nitrogens with one attached hydrogen (secondary N) is 4. The second kappa shape index (κ2) is 23.5. The number of aryl methyl sites for hydroxylation is 1. The normalized spacial score (nSPS) is 14.7. The smallest absolute Gasteiger partial charge is 0.406 e. The number of rotatable bonds is 18. The molecule has 2 aliphatic heterocycles. The van der Waals surface area contributed by atoms with E-state index < -0.39 is 43.1 Å². The highest BCUT2D eigenvalue weighted by Gasteiger charge is 2.34. The number of alkyl halides is 9. The fourth-order valence-corrected chi connectivity index (χ4v) is 7.99. The van der Waals surface area contributed by atoms with E-state index in [0.717, 1.165) is 17.2 Å². The van der Waals surface area contributed by atoms with Crippen molar-refractivity contribution in [1.82, 2.24) is 39.7 Å². The molecule has 4 N–H and O–H groups in total. The topological polar surface area (TPSA) is 200 Å². The molecule has 2 aliphatic rings. The molecule has 0 spiro atoms. The lowest BCUT2D eigenvalue weighted by Gasteiger charge is -2.34. The van der Waals surface area contributed by atoms with E-state index in [2.05, 4.69) is 75.2 Å². The quantitative estimate of drug-likeness (QED) is 0.0596. The molecule has 19 nitrogen and oxygen atoms in total. The van der Waals surface area contributed by atoms with Gasteiger partial charge in [-0.05, 0) is 78.2 Å². The van der Waals surface area contributed by atoms with Gasteiger partial charge in [0, 0.05) is 95.4 Å². The lowest BCUT2D eigenvalue weighted by Crippen LogP contribution is -2.46. The maximum absolute atomic E-state index is 13.5. The highest BCUT2D eigenvalue weighted by atomic mass is 19.4. The maximum atomic E-state index is 13.5. The van der Waals surface area contributed by atoms with Gasteiger partial charge in [0.15, 0.2) is 5.75 Å². The predicted octanol–water partition coefficient (Wildman–Crippen LogP) is 8.55. The summed E-state index contributed by atoms with van der Waals surface area (Å²) in [5.74, 6) is -1.69. The van der Waals surface area contributed by atoms with Crippen LogP contribution in [0.3, 0.4) is 0 Å². The molecular weight excluding hydrogens is 1020 g/mol. The van der Waals surface area contributed by atoms with E-state index in [1.165, 1.54) is 49.1 Å². The highest BCUT2D eigenvalue weighted by molar-refractivity contribution is 5.98. The Morgan fingerprint density at radius 2 is 0.921 bits per heavy atom.